The van der Waals surface area contributed by atoms with E-state index in [0.717, 1.165) is 5.56 Å². The first-order valence-corrected chi connectivity index (χ1v) is 7.46. The zero-order chi connectivity index (χ0) is 15.9. The number of aliphatic hydroxyl groups excluding tert-OH is 1. The van der Waals surface area contributed by atoms with Crippen LogP contribution in [-0.2, 0) is 6.61 Å². The van der Waals surface area contributed by atoms with Crippen molar-refractivity contribution in [3.63, 3.8) is 0 Å². The van der Waals surface area contributed by atoms with Gasteiger partial charge in [-0.2, -0.15) is 0 Å². The van der Waals surface area contributed by atoms with E-state index >= 15 is 0 Å². The Hall–Kier alpha value is -2.11. The van der Waals surface area contributed by atoms with Crippen molar-refractivity contribution in [2.24, 2.45) is 0 Å². The summed E-state index contributed by atoms with van der Waals surface area (Å²) in [6.07, 6.45) is 1.40. The summed E-state index contributed by atoms with van der Waals surface area (Å²) in [5.74, 6) is 0.0980. The normalized spacial score (nSPS) is 11.0. The largest absolute Gasteiger partial charge is 0.507 e. The van der Waals surface area contributed by atoms with E-state index in [4.69, 9.17) is 4.42 Å². The van der Waals surface area contributed by atoms with E-state index in [9.17, 15) is 15.0 Å². The molecule has 0 aliphatic carbocycles. The molecule has 0 fully saturated rings. The van der Waals surface area contributed by atoms with Gasteiger partial charge < -0.3 is 14.6 Å². The lowest BCUT2D eigenvalue weighted by molar-refractivity contribution is 0.282. The Morgan fingerprint density at radius 2 is 2.00 bits per heavy atom. The fourth-order valence-corrected chi connectivity index (χ4v) is 2.84. The summed E-state index contributed by atoms with van der Waals surface area (Å²) in [7, 11) is 0. The Balaban J connectivity index is 2.34. The number of hydrogen-bond donors (Lipinski definition) is 2. The van der Waals surface area contributed by atoms with Gasteiger partial charge in [-0.15, -0.1) is 0 Å². The first kappa shape index (κ1) is 14.8. The van der Waals surface area contributed by atoms with Gasteiger partial charge in [0, 0.05) is 0 Å². The molecule has 0 atom stereocenters. The molecule has 0 spiro atoms. The van der Waals surface area contributed by atoms with Crippen molar-refractivity contribution in [2.45, 2.75) is 13.5 Å². The van der Waals surface area contributed by atoms with Crippen molar-refractivity contribution in [1.29, 1.82) is 0 Å². The van der Waals surface area contributed by atoms with E-state index in [-0.39, 0.29) is 17.8 Å². The van der Waals surface area contributed by atoms with Gasteiger partial charge in [-0.05, 0) is 57.7 Å². The van der Waals surface area contributed by atoms with Crippen molar-refractivity contribution < 1.29 is 14.6 Å². The number of aliphatic hydroxyl groups is 1. The number of fused-ring (bicyclic) bond motifs is 1. The van der Waals surface area contributed by atoms with Gasteiger partial charge in [0.2, 0.25) is 5.43 Å². The van der Waals surface area contributed by atoms with Crippen molar-refractivity contribution in [1.82, 2.24) is 0 Å². The van der Waals surface area contributed by atoms with E-state index in [2.05, 4.69) is 15.9 Å². The maximum atomic E-state index is 12.8. The van der Waals surface area contributed by atoms with Gasteiger partial charge in [-0.3, -0.25) is 4.79 Å². The topological polar surface area (TPSA) is 70.7 Å². The molecule has 0 radical (unpaired) electrons. The van der Waals surface area contributed by atoms with Crippen LogP contribution in [-0.4, -0.2) is 10.2 Å². The Morgan fingerprint density at radius 3 is 2.68 bits per heavy atom. The van der Waals surface area contributed by atoms with Gasteiger partial charge in [0.15, 0.2) is 0 Å². The molecule has 0 aliphatic heterocycles. The Kier molecular flexibility index (Phi) is 3.76. The quantitative estimate of drug-likeness (QED) is 0.730. The molecule has 0 saturated heterocycles. The highest BCUT2D eigenvalue weighted by molar-refractivity contribution is 9.10. The van der Waals surface area contributed by atoms with Crippen molar-refractivity contribution >= 4 is 26.9 Å². The van der Waals surface area contributed by atoms with Gasteiger partial charge in [-0.25, -0.2) is 0 Å². The van der Waals surface area contributed by atoms with Gasteiger partial charge in [0.1, 0.15) is 17.6 Å². The number of rotatable bonds is 2. The molecule has 2 aromatic carbocycles. The van der Waals surface area contributed by atoms with Crippen LogP contribution in [0.4, 0.5) is 0 Å². The van der Waals surface area contributed by atoms with Crippen LogP contribution in [0.3, 0.4) is 0 Å². The number of aromatic hydroxyl groups is 1. The average molecular weight is 361 g/mol. The smallest absolute Gasteiger partial charge is 0.200 e. The summed E-state index contributed by atoms with van der Waals surface area (Å²) >= 11 is 3.23. The minimum absolute atomic E-state index is 0.0980. The van der Waals surface area contributed by atoms with E-state index in [0.29, 0.717) is 32.1 Å². The molecule has 0 saturated carbocycles. The molecule has 0 amide bonds. The van der Waals surface area contributed by atoms with Crippen LogP contribution in [0.1, 0.15) is 11.1 Å². The lowest BCUT2D eigenvalue weighted by Crippen LogP contribution is -2.08. The van der Waals surface area contributed by atoms with Gasteiger partial charge in [0.25, 0.3) is 0 Å². The highest BCUT2D eigenvalue weighted by Gasteiger charge is 2.14. The number of phenols is 1. The molecule has 1 aromatic heterocycles. The number of benzene rings is 2. The number of phenolic OH excluding ortho intramolecular Hbond substituents is 1. The van der Waals surface area contributed by atoms with Crippen LogP contribution < -0.4 is 5.43 Å². The second-order valence-corrected chi connectivity index (χ2v) is 5.89. The van der Waals surface area contributed by atoms with E-state index in [1.54, 1.807) is 18.2 Å². The molecule has 0 bridgehead atoms. The summed E-state index contributed by atoms with van der Waals surface area (Å²) in [6.45, 7) is 1.62. The minimum Gasteiger partial charge on any atom is -0.507 e. The summed E-state index contributed by atoms with van der Waals surface area (Å²) in [4.78, 5) is 12.8. The van der Waals surface area contributed by atoms with Gasteiger partial charge >= 0.3 is 0 Å². The molecule has 3 rings (SSSR count). The molecule has 22 heavy (non-hydrogen) atoms. The summed E-state index contributed by atoms with van der Waals surface area (Å²) in [6, 6.07) is 8.34. The third-order valence-electron chi connectivity index (χ3n) is 3.70. The predicted molar refractivity (Wildman–Crippen MR) is 87.9 cm³/mol. The molecule has 112 valence electrons. The molecule has 2 N–H and O–H groups in total. The summed E-state index contributed by atoms with van der Waals surface area (Å²) < 4.78 is 6.05. The fourth-order valence-electron chi connectivity index (χ4n) is 2.47. The van der Waals surface area contributed by atoms with Gasteiger partial charge in [0.05, 0.1) is 22.0 Å². The van der Waals surface area contributed by atoms with E-state index in [1.807, 2.05) is 13.0 Å². The Labute approximate surface area is 134 Å². The predicted octanol–water partition coefficient (Wildman–Crippen LogP) is 3.73. The molecule has 3 aromatic rings. The van der Waals surface area contributed by atoms with Crippen molar-refractivity contribution in [2.75, 3.05) is 0 Å². The monoisotopic (exact) mass is 360 g/mol. The summed E-state index contributed by atoms with van der Waals surface area (Å²) in [5, 5.41) is 19.5. The third kappa shape index (κ3) is 2.32. The Morgan fingerprint density at radius 1 is 1.23 bits per heavy atom. The second kappa shape index (κ2) is 5.59. The molecule has 4 nitrogen and oxygen atoms in total. The highest BCUT2D eigenvalue weighted by atomic mass is 79.9. The molecular formula is C17H13BrO4. The lowest BCUT2D eigenvalue weighted by Gasteiger charge is -2.09. The first-order chi connectivity index (χ1) is 10.5. The molecule has 0 aliphatic rings. The molecule has 5 heteroatoms. The maximum Gasteiger partial charge on any atom is 0.200 e. The van der Waals surface area contributed by atoms with Gasteiger partial charge in [-0.1, -0.05) is 12.1 Å². The van der Waals surface area contributed by atoms with E-state index in [1.165, 1.54) is 12.3 Å². The lowest BCUT2D eigenvalue weighted by atomic mass is 10.00. The zero-order valence-electron chi connectivity index (χ0n) is 11.8. The molecular weight excluding hydrogens is 348 g/mol. The van der Waals surface area contributed by atoms with Crippen LogP contribution >= 0.6 is 15.9 Å². The average Bonchev–Trinajstić information content (AvgIpc) is 2.51. The zero-order valence-corrected chi connectivity index (χ0v) is 13.3. The van der Waals surface area contributed by atoms with Crippen LogP contribution in [0.5, 0.6) is 5.75 Å². The number of hydrogen-bond acceptors (Lipinski definition) is 4. The maximum absolute atomic E-state index is 12.8. The minimum atomic E-state index is -0.226. The van der Waals surface area contributed by atoms with Crippen molar-refractivity contribution in [3.05, 3.63) is 62.4 Å². The summed E-state index contributed by atoms with van der Waals surface area (Å²) in [5.41, 5.74) is 2.67. The second-order valence-electron chi connectivity index (χ2n) is 5.04. The van der Waals surface area contributed by atoms with Crippen LogP contribution in [0.2, 0.25) is 0 Å². The Bertz CT molecular complexity index is 928. The molecule has 0 unspecified atom stereocenters. The number of aryl methyl sites for hydroxylation is 1. The highest BCUT2D eigenvalue weighted by Crippen LogP contribution is 2.30. The fraction of sp³-hybridized carbons (Fsp3) is 0.118. The standard InChI is InChI=1S/C17H13BrO4/c1-9-2-5-15-16(11(9)7-19)17(21)12(8-22-15)10-3-4-14(20)13(18)6-10/h2-6,8,19-20H,7H2,1H3. The SMILES string of the molecule is Cc1ccc2occ(-c3ccc(O)c(Br)c3)c(=O)c2c1CO. The first-order valence-electron chi connectivity index (χ1n) is 6.66. The van der Waals surface area contributed by atoms with Crippen LogP contribution in [0.15, 0.2) is 50.3 Å². The van der Waals surface area contributed by atoms with Crippen LogP contribution in [0, 0.1) is 6.92 Å². The third-order valence-corrected chi connectivity index (χ3v) is 4.34. The molecule has 1 heterocycles. The van der Waals surface area contributed by atoms with Crippen LogP contribution in [0.25, 0.3) is 22.1 Å². The van der Waals surface area contributed by atoms with Crippen molar-refractivity contribution in [3.8, 4) is 16.9 Å². The van der Waals surface area contributed by atoms with E-state index < -0.39 is 0 Å². The number of halogens is 1.